The molecule has 6 heteroatoms. The fourth-order valence-corrected chi connectivity index (χ4v) is 3.66. The number of aliphatic hydroxyl groups is 1. The average Bonchev–Trinajstić information content (AvgIpc) is 2.69. The van der Waals surface area contributed by atoms with Crippen molar-refractivity contribution in [1.29, 1.82) is 0 Å². The van der Waals surface area contributed by atoms with Crippen LogP contribution in [0.15, 0.2) is 36.5 Å². The summed E-state index contributed by atoms with van der Waals surface area (Å²) in [7, 11) is 0. The molecule has 2 heterocycles. The van der Waals surface area contributed by atoms with E-state index in [9.17, 15) is 5.11 Å². The van der Waals surface area contributed by atoms with Gasteiger partial charge in [-0.15, -0.1) is 0 Å². The molecule has 1 aliphatic rings. The van der Waals surface area contributed by atoms with Gasteiger partial charge in [0.2, 0.25) is 0 Å². The number of hydrogen-bond acceptors (Lipinski definition) is 5. The predicted octanol–water partition coefficient (Wildman–Crippen LogP) is 3.73. The second-order valence-electron chi connectivity index (χ2n) is 7.73. The van der Waals surface area contributed by atoms with Crippen LogP contribution < -0.4 is 9.64 Å². The zero-order chi connectivity index (χ0) is 20.1. The van der Waals surface area contributed by atoms with Crippen molar-refractivity contribution in [3.8, 4) is 5.75 Å². The zero-order valence-corrected chi connectivity index (χ0v) is 17.7. The molecule has 1 saturated heterocycles. The first-order valence-electron chi connectivity index (χ1n) is 9.93. The van der Waals surface area contributed by atoms with Crippen LogP contribution in [-0.4, -0.2) is 60.4 Å². The largest absolute Gasteiger partial charge is 0.491 e. The summed E-state index contributed by atoms with van der Waals surface area (Å²) in [5, 5.41) is 11.2. The number of nitrogens with zero attached hydrogens (tertiary/aromatic N) is 3. The van der Waals surface area contributed by atoms with Gasteiger partial charge in [0.15, 0.2) is 0 Å². The highest BCUT2D eigenvalue weighted by atomic mass is 35.5. The fraction of sp³-hybridized carbons (Fsp3) is 0.500. The van der Waals surface area contributed by atoms with Gasteiger partial charge in [0.05, 0.1) is 0 Å². The Balaban J connectivity index is 1.49. The Kier molecular flexibility index (Phi) is 7.16. The molecule has 1 aromatic carbocycles. The molecular weight excluding hydrogens is 374 g/mol. The molecule has 0 bridgehead atoms. The summed E-state index contributed by atoms with van der Waals surface area (Å²) in [6.45, 7) is 10.7. The number of aliphatic hydroxyl groups excluding tert-OH is 1. The molecule has 3 rings (SSSR count). The van der Waals surface area contributed by atoms with Crippen molar-refractivity contribution in [3.63, 3.8) is 0 Å². The molecule has 1 fully saturated rings. The monoisotopic (exact) mass is 403 g/mol. The number of hydrogen-bond donors (Lipinski definition) is 1. The molecule has 1 N–H and O–H groups in total. The number of pyridine rings is 1. The number of benzene rings is 1. The van der Waals surface area contributed by atoms with E-state index in [1.165, 1.54) is 0 Å². The Labute approximate surface area is 172 Å². The lowest BCUT2D eigenvalue weighted by atomic mass is 10.0. The Bertz CT molecular complexity index is 762. The molecule has 28 heavy (non-hydrogen) atoms. The lowest BCUT2D eigenvalue weighted by Crippen LogP contribution is -2.49. The van der Waals surface area contributed by atoms with Gasteiger partial charge >= 0.3 is 0 Å². The topological polar surface area (TPSA) is 48.8 Å². The lowest BCUT2D eigenvalue weighted by molar-refractivity contribution is 0.0658. The minimum atomic E-state index is -0.530. The lowest BCUT2D eigenvalue weighted by Gasteiger charge is -2.36. The van der Waals surface area contributed by atoms with Crippen molar-refractivity contribution in [2.24, 2.45) is 0 Å². The molecule has 2 aromatic rings. The van der Waals surface area contributed by atoms with E-state index < -0.39 is 6.10 Å². The van der Waals surface area contributed by atoms with Gasteiger partial charge in [-0.3, -0.25) is 4.90 Å². The van der Waals surface area contributed by atoms with Crippen LogP contribution in [0.3, 0.4) is 0 Å². The first-order chi connectivity index (χ1) is 13.4. The first kappa shape index (κ1) is 20.9. The smallest absolute Gasteiger partial charge is 0.128 e. The van der Waals surface area contributed by atoms with Gasteiger partial charge in [-0.05, 0) is 48.2 Å². The molecule has 1 aromatic heterocycles. The SMILES string of the molecule is Cc1cc(OCC(O)CN2CCN(c3ccccn3)CC2)c(C(C)C)cc1Cl. The summed E-state index contributed by atoms with van der Waals surface area (Å²) in [6.07, 6.45) is 1.30. The average molecular weight is 404 g/mol. The first-order valence-corrected chi connectivity index (χ1v) is 10.3. The van der Waals surface area contributed by atoms with Gasteiger partial charge < -0.3 is 14.7 Å². The predicted molar refractivity (Wildman–Crippen MR) is 115 cm³/mol. The van der Waals surface area contributed by atoms with Gasteiger partial charge in [-0.2, -0.15) is 0 Å². The van der Waals surface area contributed by atoms with Gasteiger partial charge in [0.25, 0.3) is 0 Å². The van der Waals surface area contributed by atoms with Crippen LogP contribution in [0.1, 0.15) is 30.9 Å². The zero-order valence-electron chi connectivity index (χ0n) is 16.9. The summed E-state index contributed by atoms with van der Waals surface area (Å²) in [4.78, 5) is 8.98. The van der Waals surface area contributed by atoms with Crippen molar-refractivity contribution in [2.75, 3.05) is 44.2 Å². The Hall–Kier alpha value is -1.82. The van der Waals surface area contributed by atoms with Crippen LogP contribution in [0.25, 0.3) is 0 Å². The van der Waals surface area contributed by atoms with Crippen LogP contribution in [0.2, 0.25) is 5.02 Å². The Morgan fingerprint density at radius 3 is 2.57 bits per heavy atom. The highest BCUT2D eigenvalue weighted by Gasteiger charge is 2.21. The van der Waals surface area contributed by atoms with E-state index in [1.807, 2.05) is 43.5 Å². The van der Waals surface area contributed by atoms with E-state index in [4.69, 9.17) is 16.3 Å². The maximum atomic E-state index is 10.5. The molecule has 1 atom stereocenters. The number of aryl methyl sites for hydroxylation is 1. The van der Waals surface area contributed by atoms with Gasteiger partial charge in [0.1, 0.15) is 24.3 Å². The van der Waals surface area contributed by atoms with Gasteiger partial charge in [-0.25, -0.2) is 4.98 Å². The molecule has 0 saturated carbocycles. The number of halogens is 1. The summed E-state index contributed by atoms with van der Waals surface area (Å²) >= 11 is 6.26. The maximum absolute atomic E-state index is 10.5. The van der Waals surface area contributed by atoms with Crippen molar-refractivity contribution in [1.82, 2.24) is 9.88 Å². The standard InChI is InChI=1S/C22H30ClN3O2/c1-16(2)19-13-20(23)17(3)12-21(19)28-15-18(27)14-25-8-10-26(11-9-25)22-6-4-5-7-24-22/h4-7,12-13,16,18,27H,8-11,14-15H2,1-3H3. The molecule has 1 unspecified atom stereocenters. The van der Waals surface area contributed by atoms with Crippen molar-refractivity contribution in [3.05, 3.63) is 52.7 Å². The van der Waals surface area contributed by atoms with Crippen LogP contribution in [0, 0.1) is 6.92 Å². The number of rotatable bonds is 7. The number of ether oxygens (including phenoxy) is 1. The molecule has 0 radical (unpaired) electrons. The van der Waals surface area contributed by atoms with Crippen LogP contribution in [0.4, 0.5) is 5.82 Å². The second kappa shape index (κ2) is 9.59. The third kappa shape index (κ3) is 5.37. The normalized spacial score (nSPS) is 16.4. The summed E-state index contributed by atoms with van der Waals surface area (Å²) in [5.74, 6) is 2.14. The molecule has 152 valence electrons. The van der Waals surface area contributed by atoms with Gasteiger partial charge in [0, 0.05) is 43.9 Å². The molecule has 0 aliphatic carbocycles. The highest BCUT2D eigenvalue weighted by molar-refractivity contribution is 6.31. The van der Waals surface area contributed by atoms with Gasteiger partial charge in [-0.1, -0.05) is 31.5 Å². The quantitative estimate of drug-likeness (QED) is 0.763. The van der Waals surface area contributed by atoms with E-state index >= 15 is 0 Å². The van der Waals surface area contributed by atoms with Crippen LogP contribution in [-0.2, 0) is 0 Å². The van der Waals surface area contributed by atoms with Crippen molar-refractivity contribution >= 4 is 17.4 Å². The third-order valence-corrected chi connectivity index (χ3v) is 5.57. The van der Waals surface area contributed by atoms with E-state index in [0.29, 0.717) is 12.5 Å². The molecule has 0 spiro atoms. The number of β-amino-alcohol motifs (C(OH)–C–C–N with tert-alkyl or cyclic N) is 1. The van der Waals surface area contributed by atoms with E-state index in [1.54, 1.807) is 0 Å². The minimum Gasteiger partial charge on any atom is -0.491 e. The summed E-state index contributed by atoms with van der Waals surface area (Å²) < 4.78 is 5.97. The molecular formula is C22H30ClN3O2. The van der Waals surface area contributed by atoms with E-state index in [0.717, 1.165) is 53.9 Å². The molecule has 0 amide bonds. The van der Waals surface area contributed by atoms with Crippen LogP contribution >= 0.6 is 11.6 Å². The molecule has 5 nitrogen and oxygen atoms in total. The number of aromatic nitrogens is 1. The number of anilines is 1. The van der Waals surface area contributed by atoms with Crippen molar-refractivity contribution < 1.29 is 9.84 Å². The number of piperazine rings is 1. The van der Waals surface area contributed by atoms with Crippen LogP contribution in [0.5, 0.6) is 5.75 Å². The fourth-order valence-electron chi connectivity index (χ4n) is 3.48. The third-order valence-electron chi connectivity index (χ3n) is 5.16. The maximum Gasteiger partial charge on any atom is 0.128 e. The van der Waals surface area contributed by atoms with E-state index in [-0.39, 0.29) is 6.61 Å². The highest BCUT2D eigenvalue weighted by Crippen LogP contribution is 2.32. The molecule has 1 aliphatic heterocycles. The summed E-state index contributed by atoms with van der Waals surface area (Å²) in [5.41, 5.74) is 2.06. The Morgan fingerprint density at radius 1 is 1.18 bits per heavy atom. The second-order valence-corrected chi connectivity index (χ2v) is 8.14. The van der Waals surface area contributed by atoms with Crippen molar-refractivity contribution in [2.45, 2.75) is 32.8 Å². The minimum absolute atomic E-state index is 0.279. The Morgan fingerprint density at radius 2 is 1.93 bits per heavy atom. The summed E-state index contributed by atoms with van der Waals surface area (Å²) in [6, 6.07) is 9.93. The van der Waals surface area contributed by atoms with E-state index in [2.05, 4.69) is 28.6 Å².